The van der Waals surface area contributed by atoms with E-state index in [0.29, 0.717) is 5.02 Å². The van der Waals surface area contributed by atoms with Gasteiger partial charge in [0.25, 0.3) is 0 Å². The van der Waals surface area contributed by atoms with Gasteiger partial charge in [0.1, 0.15) is 0 Å². The van der Waals surface area contributed by atoms with Crippen molar-refractivity contribution in [1.82, 2.24) is 10.2 Å². The van der Waals surface area contributed by atoms with Gasteiger partial charge in [0.05, 0.1) is 0 Å². The molecular formula is C12H16ClN3O. The Morgan fingerprint density at radius 2 is 2.18 bits per heavy atom. The van der Waals surface area contributed by atoms with Gasteiger partial charge >= 0.3 is 6.03 Å². The monoisotopic (exact) mass is 253 g/mol. The molecule has 92 valence electrons. The van der Waals surface area contributed by atoms with E-state index in [1.54, 1.807) is 29.2 Å². The van der Waals surface area contributed by atoms with Crippen LogP contribution < -0.4 is 10.6 Å². The summed E-state index contributed by atoms with van der Waals surface area (Å²) in [6.07, 6.45) is 1.00. The van der Waals surface area contributed by atoms with Crippen molar-refractivity contribution >= 4 is 23.3 Å². The fourth-order valence-corrected chi connectivity index (χ4v) is 2.01. The van der Waals surface area contributed by atoms with Crippen molar-refractivity contribution in [3.8, 4) is 0 Å². The van der Waals surface area contributed by atoms with Gasteiger partial charge in [-0.3, -0.25) is 0 Å². The summed E-state index contributed by atoms with van der Waals surface area (Å²) in [5, 5.41) is 6.75. The Labute approximate surface area is 106 Å². The maximum absolute atomic E-state index is 11.9. The van der Waals surface area contributed by atoms with E-state index < -0.39 is 0 Å². The van der Waals surface area contributed by atoms with E-state index in [4.69, 9.17) is 11.6 Å². The van der Waals surface area contributed by atoms with Crippen molar-refractivity contribution in [2.24, 2.45) is 0 Å². The van der Waals surface area contributed by atoms with E-state index in [1.165, 1.54) is 0 Å². The first-order valence-electron chi connectivity index (χ1n) is 5.67. The number of amides is 2. The molecule has 2 amide bonds. The van der Waals surface area contributed by atoms with E-state index in [-0.39, 0.29) is 12.1 Å². The summed E-state index contributed by atoms with van der Waals surface area (Å²) in [7, 11) is 1.82. The molecule has 1 aliphatic heterocycles. The molecule has 0 bridgehead atoms. The highest BCUT2D eigenvalue weighted by Gasteiger charge is 2.22. The molecular weight excluding hydrogens is 238 g/mol. The lowest BCUT2D eigenvalue weighted by Crippen LogP contribution is -2.40. The largest absolute Gasteiger partial charge is 0.323 e. The molecule has 0 radical (unpaired) electrons. The molecule has 2 rings (SSSR count). The fourth-order valence-electron chi connectivity index (χ4n) is 1.88. The molecule has 4 nitrogen and oxygen atoms in total. The lowest BCUT2D eigenvalue weighted by molar-refractivity contribution is 0.208. The highest BCUT2D eigenvalue weighted by atomic mass is 35.5. The molecule has 0 aromatic heterocycles. The van der Waals surface area contributed by atoms with Gasteiger partial charge in [-0.15, -0.1) is 0 Å². The summed E-state index contributed by atoms with van der Waals surface area (Å²) >= 11 is 5.78. The van der Waals surface area contributed by atoms with E-state index in [2.05, 4.69) is 10.6 Å². The van der Waals surface area contributed by atoms with Crippen LogP contribution in [0.2, 0.25) is 5.02 Å². The average molecular weight is 254 g/mol. The number of nitrogens with zero attached hydrogens (tertiary/aromatic N) is 1. The third kappa shape index (κ3) is 3.11. The Kier molecular flexibility index (Phi) is 3.86. The van der Waals surface area contributed by atoms with Crippen LogP contribution >= 0.6 is 11.6 Å². The number of likely N-dealkylation sites (N-methyl/N-ethyl adjacent to an activating group) is 1. The number of rotatable bonds is 2. The van der Waals surface area contributed by atoms with Crippen molar-refractivity contribution < 1.29 is 4.79 Å². The Morgan fingerprint density at radius 1 is 1.47 bits per heavy atom. The van der Waals surface area contributed by atoms with Gasteiger partial charge in [0.15, 0.2) is 0 Å². The smallest absolute Gasteiger partial charge is 0.321 e. The summed E-state index contributed by atoms with van der Waals surface area (Å²) < 4.78 is 0. The maximum Gasteiger partial charge on any atom is 0.321 e. The number of benzene rings is 1. The Balaban J connectivity index is 1.93. The molecule has 17 heavy (non-hydrogen) atoms. The van der Waals surface area contributed by atoms with Crippen molar-refractivity contribution in [2.75, 3.05) is 25.5 Å². The molecule has 1 atom stereocenters. The molecule has 1 aromatic carbocycles. The molecule has 1 heterocycles. The average Bonchev–Trinajstić information content (AvgIpc) is 2.84. The lowest BCUT2D eigenvalue weighted by Gasteiger charge is -2.24. The number of halogens is 1. The number of hydrogen-bond donors (Lipinski definition) is 2. The number of hydrogen-bond acceptors (Lipinski definition) is 2. The first-order valence-corrected chi connectivity index (χ1v) is 6.05. The van der Waals surface area contributed by atoms with E-state index in [0.717, 1.165) is 25.2 Å². The highest BCUT2D eigenvalue weighted by molar-refractivity contribution is 6.30. The molecule has 0 saturated carbocycles. The maximum atomic E-state index is 11.9. The summed E-state index contributed by atoms with van der Waals surface area (Å²) in [6, 6.07) is 7.30. The van der Waals surface area contributed by atoms with E-state index in [1.807, 2.05) is 7.05 Å². The molecule has 1 aromatic rings. The van der Waals surface area contributed by atoms with Gasteiger partial charge in [0, 0.05) is 30.3 Å². The number of carbonyl (C=O) groups is 1. The summed E-state index contributed by atoms with van der Waals surface area (Å²) in [4.78, 5) is 13.7. The number of carbonyl (C=O) groups excluding carboxylic acids is 1. The standard InChI is InChI=1S/C12H16ClN3O/c1-16(11-6-7-14-8-11)12(17)15-10-4-2-9(13)3-5-10/h2-5,11,14H,6-8H2,1H3,(H,15,17). The van der Waals surface area contributed by atoms with Gasteiger partial charge in [-0.25, -0.2) is 4.79 Å². The zero-order valence-electron chi connectivity index (χ0n) is 9.74. The third-order valence-corrected chi connectivity index (χ3v) is 3.25. The van der Waals surface area contributed by atoms with Gasteiger partial charge in [-0.1, -0.05) is 11.6 Å². The second-order valence-electron chi connectivity index (χ2n) is 4.19. The van der Waals surface area contributed by atoms with Crippen LogP contribution in [-0.2, 0) is 0 Å². The zero-order valence-corrected chi connectivity index (χ0v) is 10.5. The molecule has 1 aliphatic rings. The number of nitrogens with one attached hydrogen (secondary N) is 2. The first-order chi connectivity index (χ1) is 8.16. The Hall–Kier alpha value is -1.26. The van der Waals surface area contributed by atoms with Gasteiger partial charge in [-0.05, 0) is 37.2 Å². The third-order valence-electron chi connectivity index (χ3n) is 3.00. The van der Waals surface area contributed by atoms with Crippen LogP contribution in [-0.4, -0.2) is 37.1 Å². The minimum absolute atomic E-state index is 0.0824. The summed E-state index contributed by atoms with van der Waals surface area (Å²) in [5.41, 5.74) is 0.761. The molecule has 1 fully saturated rings. The summed E-state index contributed by atoms with van der Waals surface area (Å²) in [5.74, 6) is 0. The van der Waals surface area contributed by atoms with E-state index in [9.17, 15) is 4.79 Å². The molecule has 1 unspecified atom stereocenters. The van der Waals surface area contributed by atoms with Crippen molar-refractivity contribution in [3.05, 3.63) is 29.3 Å². The van der Waals surface area contributed by atoms with Crippen molar-refractivity contribution in [3.63, 3.8) is 0 Å². The van der Waals surface area contributed by atoms with Crippen molar-refractivity contribution in [1.29, 1.82) is 0 Å². The van der Waals surface area contributed by atoms with Crippen LogP contribution in [0.5, 0.6) is 0 Å². The van der Waals surface area contributed by atoms with Gasteiger partial charge in [0.2, 0.25) is 0 Å². The first kappa shape index (κ1) is 12.2. The fraction of sp³-hybridized carbons (Fsp3) is 0.417. The minimum Gasteiger partial charge on any atom is -0.323 e. The van der Waals surface area contributed by atoms with Crippen molar-refractivity contribution in [2.45, 2.75) is 12.5 Å². The predicted octanol–water partition coefficient (Wildman–Crippen LogP) is 2.17. The van der Waals surface area contributed by atoms with Gasteiger partial charge < -0.3 is 15.5 Å². The van der Waals surface area contributed by atoms with Crippen LogP contribution in [0.4, 0.5) is 10.5 Å². The Morgan fingerprint density at radius 3 is 2.76 bits per heavy atom. The SMILES string of the molecule is CN(C(=O)Nc1ccc(Cl)cc1)C1CCNC1. The van der Waals surface area contributed by atoms with Crippen LogP contribution in [0, 0.1) is 0 Å². The number of anilines is 1. The summed E-state index contributed by atoms with van der Waals surface area (Å²) in [6.45, 7) is 1.84. The molecule has 1 saturated heterocycles. The molecule has 0 aliphatic carbocycles. The topological polar surface area (TPSA) is 44.4 Å². The minimum atomic E-state index is -0.0824. The van der Waals surface area contributed by atoms with E-state index >= 15 is 0 Å². The second-order valence-corrected chi connectivity index (χ2v) is 4.63. The molecule has 0 spiro atoms. The molecule has 5 heteroatoms. The van der Waals surface area contributed by atoms with Crippen LogP contribution in [0.15, 0.2) is 24.3 Å². The van der Waals surface area contributed by atoms with Gasteiger partial charge in [-0.2, -0.15) is 0 Å². The quantitative estimate of drug-likeness (QED) is 0.849. The lowest BCUT2D eigenvalue weighted by atomic mass is 10.2. The normalized spacial score (nSPS) is 19.1. The van der Waals surface area contributed by atoms with Crippen LogP contribution in [0.25, 0.3) is 0 Å². The zero-order chi connectivity index (χ0) is 12.3. The van der Waals surface area contributed by atoms with Crippen LogP contribution in [0.3, 0.4) is 0 Å². The Bertz CT molecular complexity index is 387. The number of urea groups is 1. The predicted molar refractivity (Wildman–Crippen MR) is 69.5 cm³/mol. The molecule has 2 N–H and O–H groups in total. The van der Waals surface area contributed by atoms with Crippen LogP contribution in [0.1, 0.15) is 6.42 Å². The second kappa shape index (κ2) is 5.38. The highest BCUT2D eigenvalue weighted by Crippen LogP contribution is 2.14.